The minimum atomic E-state index is -0.328. The Morgan fingerprint density at radius 2 is 2.21 bits per heavy atom. The molecule has 0 spiro atoms. The number of hydrogen-bond donors (Lipinski definition) is 2. The molecule has 0 aliphatic heterocycles. The number of benzene rings is 1. The van der Waals surface area contributed by atoms with Gasteiger partial charge in [0.05, 0.1) is 12.8 Å². The number of rotatable bonds is 6. The Morgan fingerprint density at radius 1 is 1.42 bits per heavy atom. The number of aromatic nitrogens is 1. The molecule has 0 saturated heterocycles. The summed E-state index contributed by atoms with van der Waals surface area (Å²) in [6.45, 7) is 0.523. The molecule has 6 nitrogen and oxygen atoms in total. The molecule has 7 heteroatoms. The highest BCUT2D eigenvalue weighted by atomic mass is 32.2. The van der Waals surface area contributed by atoms with E-state index in [1.165, 1.54) is 18.0 Å². The molecule has 100 valence electrons. The second kappa shape index (κ2) is 6.81. The van der Waals surface area contributed by atoms with Gasteiger partial charge in [0.2, 0.25) is 0 Å². The van der Waals surface area contributed by atoms with Gasteiger partial charge >= 0.3 is 0 Å². The summed E-state index contributed by atoms with van der Waals surface area (Å²) in [4.78, 5) is 15.2. The summed E-state index contributed by atoms with van der Waals surface area (Å²) in [7, 11) is 0. The van der Waals surface area contributed by atoms with Crippen LogP contribution in [0.5, 0.6) is 5.75 Å². The number of ether oxygens (including phenoxy) is 1. The van der Waals surface area contributed by atoms with Crippen LogP contribution in [0.3, 0.4) is 0 Å². The van der Waals surface area contributed by atoms with Gasteiger partial charge < -0.3 is 9.15 Å². The highest BCUT2D eigenvalue weighted by molar-refractivity contribution is 7.99. The van der Waals surface area contributed by atoms with Gasteiger partial charge in [-0.3, -0.25) is 10.2 Å². The maximum absolute atomic E-state index is 11.2. The molecular formula is C12H13N3O3S. The first-order valence-corrected chi connectivity index (χ1v) is 6.54. The second-order valence-corrected chi connectivity index (χ2v) is 4.54. The Labute approximate surface area is 114 Å². The lowest BCUT2D eigenvalue weighted by Crippen LogP contribution is -2.29. The second-order valence-electron chi connectivity index (χ2n) is 3.49. The van der Waals surface area contributed by atoms with Gasteiger partial charge in [-0.25, -0.2) is 10.8 Å². The van der Waals surface area contributed by atoms with Crippen LogP contribution in [0.25, 0.3) is 0 Å². The molecule has 0 atom stereocenters. The predicted octanol–water partition coefficient (Wildman–Crippen LogP) is 1.45. The van der Waals surface area contributed by atoms with Crippen molar-refractivity contribution >= 4 is 17.7 Å². The van der Waals surface area contributed by atoms with Gasteiger partial charge in [0.1, 0.15) is 12.0 Å². The van der Waals surface area contributed by atoms with Crippen molar-refractivity contribution in [3.05, 3.63) is 42.3 Å². The Hall–Kier alpha value is -1.99. The van der Waals surface area contributed by atoms with Crippen molar-refractivity contribution in [2.24, 2.45) is 5.84 Å². The van der Waals surface area contributed by atoms with Crippen LogP contribution in [-0.4, -0.2) is 23.3 Å². The van der Waals surface area contributed by atoms with Crippen LogP contribution in [0.4, 0.5) is 0 Å². The summed E-state index contributed by atoms with van der Waals surface area (Å²) in [6.07, 6.45) is 3.13. The number of hydrogen-bond acceptors (Lipinski definition) is 6. The van der Waals surface area contributed by atoms with E-state index in [0.29, 0.717) is 23.1 Å². The molecule has 1 aromatic heterocycles. The zero-order valence-electron chi connectivity index (χ0n) is 10.0. The molecule has 0 aliphatic rings. The number of carbonyl (C=O) groups is 1. The number of nitrogens with zero attached hydrogens (tertiary/aromatic N) is 1. The van der Waals surface area contributed by atoms with Crippen molar-refractivity contribution < 1.29 is 13.9 Å². The molecule has 0 saturated carbocycles. The fourth-order valence-electron chi connectivity index (χ4n) is 1.36. The Morgan fingerprint density at radius 3 is 2.84 bits per heavy atom. The van der Waals surface area contributed by atoms with E-state index in [-0.39, 0.29) is 5.91 Å². The third kappa shape index (κ3) is 4.01. The maximum Gasteiger partial charge on any atom is 0.265 e. The summed E-state index contributed by atoms with van der Waals surface area (Å²) in [5.74, 6) is 6.13. The van der Waals surface area contributed by atoms with E-state index in [1.807, 2.05) is 0 Å². The molecular weight excluding hydrogens is 266 g/mol. The number of nitrogen functional groups attached to an aromatic ring is 1. The van der Waals surface area contributed by atoms with Crippen molar-refractivity contribution in [1.82, 2.24) is 10.4 Å². The first-order valence-electron chi connectivity index (χ1n) is 5.55. The van der Waals surface area contributed by atoms with Crippen molar-refractivity contribution in [3.63, 3.8) is 0 Å². The van der Waals surface area contributed by atoms with Gasteiger partial charge in [0.15, 0.2) is 0 Å². The smallest absolute Gasteiger partial charge is 0.265 e. The molecule has 1 heterocycles. The van der Waals surface area contributed by atoms with Crippen molar-refractivity contribution in [2.75, 3.05) is 12.4 Å². The average molecular weight is 279 g/mol. The Balaban J connectivity index is 1.75. The zero-order chi connectivity index (χ0) is 13.5. The number of carbonyl (C=O) groups excluding carboxylic acids is 1. The highest BCUT2D eigenvalue weighted by Gasteiger charge is 2.03. The van der Waals surface area contributed by atoms with Gasteiger partial charge in [0, 0.05) is 11.3 Å². The molecule has 2 aromatic rings. The molecule has 2 rings (SSSR count). The topological polar surface area (TPSA) is 90.4 Å². The number of amides is 1. The third-order valence-electron chi connectivity index (χ3n) is 2.23. The summed E-state index contributed by atoms with van der Waals surface area (Å²) < 4.78 is 10.6. The van der Waals surface area contributed by atoms with Crippen LogP contribution in [0.1, 0.15) is 10.4 Å². The van der Waals surface area contributed by atoms with Crippen molar-refractivity contribution in [3.8, 4) is 5.75 Å². The van der Waals surface area contributed by atoms with Crippen LogP contribution in [-0.2, 0) is 0 Å². The van der Waals surface area contributed by atoms with Crippen LogP contribution in [0.15, 0.2) is 46.4 Å². The van der Waals surface area contributed by atoms with Crippen molar-refractivity contribution in [1.29, 1.82) is 0 Å². The monoisotopic (exact) mass is 279 g/mol. The van der Waals surface area contributed by atoms with E-state index in [1.54, 1.807) is 30.5 Å². The number of nitrogens with one attached hydrogen (secondary N) is 1. The number of thioether (sulfide) groups is 1. The van der Waals surface area contributed by atoms with Crippen LogP contribution < -0.4 is 16.0 Å². The minimum Gasteiger partial charge on any atom is -0.493 e. The van der Waals surface area contributed by atoms with E-state index in [0.717, 1.165) is 5.75 Å². The lowest BCUT2D eigenvalue weighted by molar-refractivity contribution is 0.0953. The van der Waals surface area contributed by atoms with Gasteiger partial charge in [-0.15, -0.1) is 0 Å². The third-order valence-corrected chi connectivity index (χ3v) is 3.05. The normalized spacial score (nSPS) is 10.2. The average Bonchev–Trinajstić information content (AvgIpc) is 2.96. The lowest BCUT2D eigenvalue weighted by Gasteiger charge is -2.05. The Kier molecular flexibility index (Phi) is 4.82. The lowest BCUT2D eigenvalue weighted by atomic mass is 10.2. The molecule has 0 bridgehead atoms. The van der Waals surface area contributed by atoms with Crippen LogP contribution in [0, 0.1) is 0 Å². The SMILES string of the molecule is NNC(=O)c1ccc(OCCSc2ncco2)cc1. The van der Waals surface area contributed by atoms with E-state index in [2.05, 4.69) is 10.4 Å². The fourth-order valence-corrected chi connectivity index (χ4v) is 1.96. The summed E-state index contributed by atoms with van der Waals surface area (Å²) in [5, 5.41) is 0.624. The number of nitrogens with two attached hydrogens (primary N) is 1. The number of oxazole rings is 1. The Bertz CT molecular complexity index is 514. The van der Waals surface area contributed by atoms with Crippen LogP contribution >= 0.6 is 11.8 Å². The molecule has 0 unspecified atom stereocenters. The first-order chi connectivity index (χ1) is 9.29. The van der Waals surface area contributed by atoms with Gasteiger partial charge in [-0.1, -0.05) is 11.8 Å². The predicted molar refractivity (Wildman–Crippen MR) is 70.8 cm³/mol. The van der Waals surface area contributed by atoms with Crippen LogP contribution in [0.2, 0.25) is 0 Å². The molecule has 3 N–H and O–H groups in total. The summed E-state index contributed by atoms with van der Waals surface area (Å²) >= 11 is 1.47. The van der Waals surface area contributed by atoms with Gasteiger partial charge in [-0.2, -0.15) is 0 Å². The van der Waals surface area contributed by atoms with E-state index >= 15 is 0 Å². The quantitative estimate of drug-likeness (QED) is 0.273. The van der Waals surface area contributed by atoms with Crippen molar-refractivity contribution in [2.45, 2.75) is 5.22 Å². The van der Waals surface area contributed by atoms with E-state index < -0.39 is 0 Å². The molecule has 19 heavy (non-hydrogen) atoms. The molecule has 1 aromatic carbocycles. The zero-order valence-corrected chi connectivity index (χ0v) is 10.9. The van der Waals surface area contributed by atoms with Gasteiger partial charge in [0.25, 0.3) is 11.1 Å². The molecule has 0 aliphatic carbocycles. The maximum atomic E-state index is 11.2. The largest absolute Gasteiger partial charge is 0.493 e. The fraction of sp³-hybridized carbons (Fsp3) is 0.167. The highest BCUT2D eigenvalue weighted by Crippen LogP contribution is 2.16. The standard InChI is InChI=1S/C12H13N3O3S/c13-15-11(16)9-1-3-10(4-2-9)17-7-8-19-12-14-5-6-18-12/h1-6H,7-8,13H2,(H,15,16). The molecule has 0 radical (unpaired) electrons. The van der Waals surface area contributed by atoms with E-state index in [9.17, 15) is 4.79 Å². The summed E-state index contributed by atoms with van der Waals surface area (Å²) in [6, 6.07) is 6.75. The molecule has 1 amide bonds. The minimum absolute atomic E-state index is 0.328. The first kappa shape index (κ1) is 13.4. The molecule has 0 fully saturated rings. The summed E-state index contributed by atoms with van der Waals surface area (Å²) in [5.41, 5.74) is 2.56. The number of hydrazine groups is 1. The van der Waals surface area contributed by atoms with Gasteiger partial charge in [-0.05, 0) is 24.3 Å². The van der Waals surface area contributed by atoms with E-state index in [4.69, 9.17) is 15.0 Å².